The van der Waals surface area contributed by atoms with E-state index in [-0.39, 0.29) is 57.6 Å². The number of anilines is 2. The summed E-state index contributed by atoms with van der Waals surface area (Å²) in [4.78, 5) is 38.6. The summed E-state index contributed by atoms with van der Waals surface area (Å²) in [6.07, 6.45) is 18.2. The van der Waals surface area contributed by atoms with Crippen molar-refractivity contribution in [2.75, 3.05) is 11.5 Å². The first-order valence-corrected chi connectivity index (χ1v) is 23.5. The van der Waals surface area contributed by atoms with E-state index in [0.29, 0.717) is 48.3 Å². The van der Waals surface area contributed by atoms with Gasteiger partial charge in [0.05, 0.1) is 12.7 Å². The fourth-order valence-electron chi connectivity index (χ4n) is 15.7. The number of aromatic nitrogens is 8. The summed E-state index contributed by atoms with van der Waals surface area (Å²) in [6.45, 7) is 0. The van der Waals surface area contributed by atoms with Crippen molar-refractivity contribution in [1.29, 1.82) is 0 Å². The van der Waals surface area contributed by atoms with Gasteiger partial charge in [0.15, 0.2) is 45.2 Å². The smallest absolute Gasteiger partial charge is 0.427 e. The number of carbonyl (C=O) groups excluding carboxylic acids is 1. The molecule has 348 valence electrons. The largest absolute Gasteiger partial charge is 0.509 e. The Hall–Kier alpha value is -5.21. The van der Waals surface area contributed by atoms with Crippen molar-refractivity contribution in [3.05, 3.63) is 24.8 Å². The Morgan fingerprint density at radius 1 is 0.667 bits per heavy atom. The standard InChI is InChI=1S/C47H54F2N10O7/c1-3-46(29(60)11-33(65-46)58-21-52-35-37(50)54-41(48)56-39(35)58)31(19-44-13-23-5-24(14-44)7-25(6-23)15-44)63-43(62)64-32(20-45-16-26-8-27(17-45)10-28(9-26)18-45)47(4-2)30(61)12-34(66-47)59-22-53-36-38(51)55-42(49)57-40(36)59/h1-2,21-34,60-61H,5-20H2,(H2,50,54,56)(H2,51,55,57)/t23?,24?,25?,26?,27?,28?,29-,30-,31?,32?,33+,34+,44?,45?,46+,47+/m0/s1. The Morgan fingerprint density at radius 3 is 1.35 bits per heavy atom. The van der Waals surface area contributed by atoms with Gasteiger partial charge in [0, 0.05) is 12.8 Å². The molecule has 10 aliphatic rings. The van der Waals surface area contributed by atoms with E-state index in [9.17, 15) is 23.8 Å². The maximum atomic E-state index is 15.0. The molecule has 4 aromatic rings. The van der Waals surface area contributed by atoms with Crippen molar-refractivity contribution in [3.63, 3.8) is 0 Å². The third-order valence-electron chi connectivity index (χ3n) is 17.4. The third-order valence-corrected chi connectivity index (χ3v) is 17.4. The molecule has 8 bridgehead atoms. The van der Waals surface area contributed by atoms with E-state index >= 15 is 0 Å². The van der Waals surface area contributed by atoms with Crippen LogP contribution in [0.1, 0.15) is 115 Å². The van der Waals surface area contributed by atoms with Crippen molar-refractivity contribution in [2.45, 2.75) is 151 Å². The van der Waals surface area contributed by atoms with Crippen LogP contribution in [-0.2, 0) is 18.9 Å². The van der Waals surface area contributed by atoms with Gasteiger partial charge in [-0.3, -0.25) is 9.13 Å². The highest BCUT2D eigenvalue weighted by molar-refractivity contribution is 5.82. The molecule has 10 fully saturated rings. The van der Waals surface area contributed by atoms with Gasteiger partial charge >= 0.3 is 18.3 Å². The normalized spacial score (nSPS) is 40.5. The molecule has 6 heterocycles. The molecule has 0 aromatic carbocycles. The summed E-state index contributed by atoms with van der Waals surface area (Å²) < 4.78 is 58.5. The molecule has 2 saturated heterocycles. The Bertz CT molecular complexity index is 2470. The second-order valence-electron chi connectivity index (χ2n) is 21.6. The number of aliphatic hydroxyl groups excluding tert-OH is 2. The lowest BCUT2D eigenvalue weighted by Gasteiger charge is -2.58. The summed E-state index contributed by atoms with van der Waals surface area (Å²) in [5.41, 5.74) is 8.11. The molecule has 2 unspecified atom stereocenters. The second-order valence-corrected chi connectivity index (χ2v) is 21.6. The molecule has 0 amide bonds. The monoisotopic (exact) mass is 908 g/mol. The van der Waals surface area contributed by atoms with Crippen LogP contribution in [0.5, 0.6) is 0 Å². The first-order chi connectivity index (χ1) is 31.7. The molecule has 17 nitrogen and oxygen atoms in total. The van der Waals surface area contributed by atoms with Crippen LogP contribution in [0, 0.1) is 83.2 Å². The van der Waals surface area contributed by atoms with Gasteiger partial charge in [0.25, 0.3) is 0 Å². The highest BCUT2D eigenvalue weighted by atomic mass is 19.1. The third kappa shape index (κ3) is 6.58. The lowest BCUT2D eigenvalue weighted by atomic mass is 9.48. The summed E-state index contributed by atoms with van der Waals surface area (Å²) in [5, 5.41) is 24.3. The lowest BCUT2D eigenvalue weighted by molar-refractivity contribution is -0.183. The SMILES string of the molecule is C#C[C@@]1(C(CC23CC4CC(CC(C4)C2)C3)OC(=O)OC(CC23CC4CC(CC(C4)C2)C3)[C@]2(C#C)O[C@@H](n3cnc4c(N)nc(F)nc43)C[C@@H]2O)O[C@@H](n2cnc3c(N)nc(F)nc32)C[C@@H]1O. The number of hydrogen-bond acceptors (Lipinski definition) is 15. The highest BCUT2D eigenvalue weighted by Gasteiger charge is 2.62. The van der Waals surface area contributed by atoms with Gasteiger partial charge in [-0.15, -0.1) is 12.8 Å². The van der Waals surface area contributed by atoms with E-state index in [4.69, 9.17) is 43.3 Å². The average molecular weight is 909 g/mol. The number of aliphatic hydroxyl groups is 2. The molecule has 4 aromatic heterocycles. The predicted molar refractivity (Wildman–Crippen MR) is 230 cm³/mol. The van der Waals surface area contributed by atoms with Gasteiger partial charge in [0.1, 0.15) is 36.9 Å². The zero-order valence-corrected chi connectivity index (χ0v) is 36.5. The molecule has 8 aliphatic carbocycles. The number of rotatable bonds is 10. The average Bonchev–Trinajstić information content (AvgIpc) is 4.02. The lowest BCUT2D eigenvalue weighted by Crippen LogP contribution is -2.57. The van der Waals surface area contributed by atoms with Crippen molar-refractivity contribution in [2.24, 2.45) is 46.3 Å². The number of hydrogen-bond donors (Lipinski definition) is 4. The number of terminal acetylenes is 2. The Balaban J connectivity index is 0.895. The summed E-state index contributed by atoms with van der Waals surface area (Å²) in [7, 11) is 0. The minimum absolute atomic E-state index is 0.0493. The molecule has 0 radical (unpaired) electrons. The zero-order chi connectivity index (χ0) is 45.5. The number of nitrogen functional groups attached to an aromatic ring is 2. The number of nitrogens with two attached hydrogens (primary N) is 2. The van der Waals surface area contributed by atoms with Crippen LogP contribution in [0.2, 0.25) is 0 Å². The second kappa shape index (κ2) is 14.9. The minimum Gasteiger partial charge on any atom is -0.427 e. The van der Waals surface area contributed by atoms with Gasteiger partial charge < -0.3 is 40.6 Å². The maximum absolute atomic E-state index is 15.0. The molecule has 0 spiro atoms. The molecule has 14 rings (SSSR count). The number of nitrogens with zero attached hydrogens (tertiary/aromatic N) is 8. The summed E-state index contributed by atoms with van der Waals surface area (Å²) >= 11 is 0. The topological polar surface area (TPSA) is 234 Å². The Labute approximate surface area is 379 Å². The molecular weight excluding hydrogens is 855 g/mol. The van der Waals surface area contributed by atoms with E-state index in [1.54, 1.807) is 0 Å². The number of halogens is 2. The molecule has 2 aliphatic heterocycles. The van der Waals surface area contributed by atoms with Gasteiger partial charge in [-0.1, -0.05) is 11.8 Å². The van der Waals surface area contributed by atoms with Crippen LogP contribution in [0.25, 0.3) is 22.3 Å². The first kappa shape index (κ1) is 42.2. The van der Waals surface area contributed by atoms with E-state index in [0.717, 1.165) is 77.0 Å². The van der Waals surface area contributed by atoms with Crippen LogP contribution in [0.3, 0.4) is 0 Å². The van der Waals surface area contributed by atoms with Crippen molar-refractivity contribution in [3.8, 4) is 24.7 Å². The Morgan fingerprint density at radius 2 is 1.02 bits per heavy atom. The Kier molecular flexibility index (Phi) is 9.52. The molecule has 8 saturated carbocycles. The first-order valence-electron chi connectivity index (χ1n) is 23.5. The summed E-state index contributed by atoms with van der Waals surface area (Å²) in [6, 6.07) is 0. The van der Waals surface area contributed by atoms with Crippen LogP contribution < -0.4 is 11.5 Å². The molecule has 6 N–H and O–H groups in total. The number of carbonyl (C=O) groups is 1. The van der Waals surface area contributed by atoms with Crippen molar-refractivity contribution >= 4 is 40.1 Å². The van der Waals surface area contributed by atoms with Gasteiger partial charge in [-0.05, 0) is 136 Å². The summed E-state index contributed by atoms with van der Waals surface area (Å²) in [5.74, 6) is 8.35. The fourth-order valence-corrected chi connectivity index (χ4v) is 15.7. The highest BCUT2D eigenvalue weighted by Crippen LogP contribution is 2.64. The number of imidazole rings is 2. The quantitative estimate of drug-likeness (QED) is 0.0872. The van der Waals surface area contributed by atoms with E-state index in [1.165, 1.54) is 21.8 Å². The maximum Gasteiger partial charge on any atom is 0.509 e. The van der Waals surface area contributed by atoms with E-state index < -0.39 is 66.4 Å². The minimum atomic E-state index is -1.89. The van der Waals surface area contributed by atoms with E-state index in [2.05, 4.69) is 41.7 Å². The molecule has 19 heteroatoms. The van der Waals surface area contributed by atoms with Gasteiger partial charge in [-0.2, -0.15) is 28.7 Å². The van der Waals surface area contributed by atoms with E-state index in [1.807, 2.05) is 0 Å². The number of ether oxygens (including phenoxy) is 4. The number of fused-ring (bicyclic) bond motifs is 2. The predicted octanol–water partition coefficient (Wildman–Crippen LogP) is 5.52. The molecular formula is C47H54F2N10O7. The fraction of sp³-hybridized carbons (Fsp3) is 0.681. The van der Waals surface area contributed by atoms with Crippen LogP contribution in [0.4, 0.5) is 25.2 Å². The van der Waals surface area contributed by atoms with Gasteiger partial charge in [0.2, 0.25) is 0 Å². The van der Waals surface area contributed by atoms with Crippen LogP contribution in [-0.4, -0.2) is 91.0 Å². The zero-order valence-electron chi connectivity index (χ0n) is 36.5. The van der Waals surface area contributed by atoms with Crippen LogP contribution in [0.15, 0.2) is 12.7 Å². The molecule has 8 atom stereocenters. The van der Waals surface area contributed by atoms with Crippen LogP contribution >= 0.6 is 0 Å². The van der Waals surface area contributed by atoms with Crippen molar-refractivity contribution < 1.29 is 42.7 Å². The van der Waals surface area contributed by atoms with Gasteiger partial charge in [-0.25, -0.2) is 14.8 Å². The molecule has 66 heavy (non-hydrogen) atoms. The van der Waals surface area contributed by atoms with Crippen molar-refractivity contribution in [1.82, 2.24) is 39.0 Å².